The van der Waals surface area contributed by atoms with E-state index in [9.17, 15) is 0 Å². The summed E-state index contributed by atoms with van der Waals surface area (Å²) in [6.07, 6.45) is 23.0. The highest BCUT2D eigenvalue weighted by molar-refractivity contribution is 6.10. The second-order valence-electron chi connectivity index (χ2n) is 9.29. The minimum atomic E-state index is 0.368. The normalized spacial score (nSPS) is 18.3. The maximum atomic E-state index is 8.35. The van der Waals surface area contributed by atoms with E-state index in [4.69, 9.17) is 21.3 Å². The van der Waals surface area contributed by atoms with E-state index in [-0.39, 0.29) is 0 Å². The molecule has 0 unspecified atom stereocenters. The monoisotopic (exact) mass is 535 g/mol. The summed E-state index contributed by atoms with van der Waals surface area (Å²) < 4.78 is 5.84. The Bertz CT molecular complexity index is 1390. The number of hydrogen-bond acceptors (Lipinski definition) is 6. The lowest BCUT2D eigenvalue weighted by Gasteiger charge is -2.34. The number of nitrogens with one attached hydrogen (secondary N) is 3. The second-order valence-corrected chi connectivity index (χ2v) is 9.29. The molecule has 0 saturated carbocycles. The average molecular weight is 536 g/mol. The molecule has 0 saturated heterocycles. The first-order valence-corrected chi connectivity index (χ1v) is 13.8. The summed E-state index contributed by atoms with van der Waals surface area (Å²) in [5.41, 5.74) is 14.4. The summed E-state index contributed by atoms with van der Waals surface area (Å²) in [6.45, 7) is 8.98. The van der Waals surface area contributed by atoms with E-state index in [0.717, 1.165) is 63.4 Å². The molecular formula is C34H41N5O. The Kier molecular flexibility index (Phi) is 10.9. The highest BCUT2D eigenvalue weighted by Crippen LogP contribution is 2.40. The van der Waals surface area contributed by atoms with Gasteiger partial charge in [-0.3, -0.25) is 0 Å². The summed E-state index contributed by atoms with van der Waals surface area (Å²) in [4.78, 5) is 2.20. The van der Waals surface area contributed by atoms with Crippen LogP contribution in [0.1, 0.15) is 51.7 Å². The summed E-state index contributed by atoms with van der Waals surface area (Å²) in [5, 5.41) is 19.6. The number of rotatable bonds is 11. The third-order valence-corrected chi connectivity index (χ3v) is 6.49. The predicted octanol–water partition coefficient (Wildman–Crippen LogP) is 7.26. The van der Waals surface area contributed by atoms with Crippen molar-refractivity contribution in [3.8, 4) is 0 Å². The number of nitrogens with two attached hydrogens (primary N) is 1. The Labute approximate surface area is 239 Å². The first-order chi connectivity index (χ1) is 19.4. The fraction of sp³-hybridized carbons (Fsp3) is 0.235. The number of hydrogen-bond donors (Lipinski definition) is 4. The van der Waals surface area contributed by atoms with Gasteiger partial charge in [0.2, 0.25) is 0 Å². The van der Waals surface area contributed by atoms with Crippen molar-refractivity contribution in [1.82, 2.24) is 10.2 Å². The molecule has 0 radical (unpaired) electrons. The van der Waals surface area contributed by atoms with Gasteiger partial charge in [-0.15, -0.1) is 0 Å². The minimum absolute atomic E-state index is 0.368. The van der Waals surface area contributed by atoms with Gasteiger partial charge in [-0.25, -0.2) is 0 Å². The Hall–Kier alpha value is -4.58. The Morgan fingerprint density at radius 1 is 1.07 bits per heavy atom. The van der Waals surface area contributed by atoms with Gasteiger partial charge in [-0.1, -0.05) is 44.2 Å². The quantitative estimate of drug-likeness (QED) is 0.136. The van der Waals surface area contributed by atoms with Crippen molar-refractivity contribution >= 4 is 17.0 Å². The van der Waals surface area contributed by atoms with Gasteiger partial charge in [-0.05, 0) is 97.7 Å². The molecule has 1 heterocycles. The van der Waals surface area contributed by atoms with Gasteiger partial charge in [-0.2, -0.15) is 0 Å². The lowest BCUT2D eigenvalue weighted by atomic mass is 9.88. The average Bonchev–Trinajstić information content (AvgIpc) is 2.95. The van der Waals surface area contributed by atoms with Gasteiger partial charge in [0.1, 0.15) is 5.76 Å². The van der Waals surface area contributed by atoms with Gasteiger partial charge in [0, 0.05) is 42.0 Å². The van der Waals surface area contributed by atoms with Gasteiger partial charge in [0.15, 0.2) is 0 Å². The first kappa shape index (κ1) is 30.0. The van der Waals surface area contributed by atoms with Crippen LogP contribution in [0.15, 0.2) is 125 Å². The van der Waals surface area contributed by atoms with E-state index < -0.39 is 0 Å². The molecule has 3 rings (SSSR count). The maximum absolute atomic E-state index is 8.35. The zero-order valence-electron chi connectivity index (χ0n) is 24.2. The van der Waals surface area contributed by atoms with Crippen LogP contribution < -0.4 is 11.1 Å². The van der Waals surface area contributed by atoms with Crippen LogP contribution in [-0.4, -0.2) is 30.0 Å². The molecule has 6 nitrogen and oxygen atoms in total. The molecule has 1 aliphatic heterocycles. The third-order valence-electron chi connectivity index (χ3n) is 6.49. The van der Waals surface area contributed by atoms with E-state index in [1.165, 1.54) is 6.20 Å². The van der Waals surface area contributed by atoms with Crippen molar-refractivity contribution in [2.45, 2.75) is 40.5 Å². The summed E-state index contributed by atoms with van der Waals surface area (Å²) in [5.74, 6) is 0.849. The van der Waals surface area contributed by atoms with Crippen molar-refractivity contribution < 1.29 is 4.74 Å². The van der Waals surface area contributed by atoms with Crippen LogP contribution in [0.2, 0.25) is 0 Å². The molecule has 40 heavy (non-hydrogen) atoms. The molecule has 1 aromatic rings. The van der Waals surface area contributed by atoms with E-state index in [1.807, 2.05) is 56.6 Å². The second kappa shape index (κ2) is 14.5. The highest BCUT2D eigenvalue weighted by Gasteiger charge is 2.26. The van der Waals surface area contributed by atoms with Crippen molar-refractivity contribution in [1.29, 1.82) is 10.8 Å². The van der Waals surface area contributed by atoms with Gasteiger partial charge in [0.05, 0.1) is 18.0 Å². The number of benzene rings is 1. The van der Waals surface area contributed by atoms with Crippen LogP contribution in [0.3, 0.4) is 0 Å². The molecule has 0 bridgehead atoms. The van der Waals surface area contributed by atoms with Gasteiger partial charge >= 0.3 is 0 Å². The smallest absolute Gasteiger partial charge is 0.115 e. The SMILES string of the molecule is CC/C=C(/C=C\C1=CN(C2=C/C(=C/NC)C(=N)C=C2)/C(=C\CC)C(c2ccc(C(=N)/C=C\N)cc2)=C1C)OCC. The molecule has 0 atom stereocenters. The lowest BCUT2D eigenvalue weighted by Crippen LogP contribution is -2.23. The van der Waals surface area contributed by atoms with Crippen molar-refractivity contribution in [3.05, 3.63) is 136 Å². The topological polar surface area (TPSA) is 98.2 Å². The van der Waals surface area contributed by atoms with Crippen molar-refractivity contribution in [2.24, 2.45) is 5.73 Å². The van der Waals surface area contributed by atoms with Crippen molar-refractivity contribution in [3.63, 3.8) is 0 Å². The third kappa shape index (κ3) is 7.08. The zero-order chi connectivity index (χ0) is 29.1. The Balaban J connectivity index is 2.22. The van der Waals surface area contributed by atoms with Crippen LogP contribution in [0, 0.1) is 10.8 Å². The van der Waals surface area contributed by atoms with E-state index in [1.54, 1.807) is 6.08 Å². The highest BCUT2D eigenvalue weighted by atomic mass is 16.5. The Morgan fingerprint density at radius 3 is 2.45 bits per heavy atom. The van der Waals surface area contributed by atoms with Crippen LogP contribution in [0.25, 0.3) is 5.57 Å². The molecule has 0 spiro atoms. The summed E-state index contributed by atoms with van der Waals surface area (Å²) in [6, 6.07) is 8.06. The van der Waals surface area contributed by atoms with E-state index in [0.29, 0.717) is 18.0 Å². The molecule has 0 aromatic heterocycles. The van der Waals surface area contributed by atoms with Gasteiger partial charge < -0.3 is 31.5 Å². The van der Waals surface area contributed by atoms with Gasteiger partial charge in [0.25, 0.3) is 0 Å². The van der Waals surface area contributed by atoms with E-state index >= 15 is 0 Å². The molecule has 1 aliphatic carbocycles. The fourth-order valence-electron chi connectivity index (χ4n) is 4.60. The maximum Gasteiger partial charge on any atom is 0.115 e. The van der Waals surface area contributed by atoms with E-state index in [2.05, 4.69) is 67.5 Å². The molecular weight excluding hydrogens is 494 g/mol. The van der Waals surface area contributed by atoms with Crippen LogP contribution >= 0.6 is 0 Å². The van der Waals surface area contributed by atoms with Crippen LogP contribution in [0.4, 0.5) is 0 Å². The molecule has 2 aliphatic rings. The van der Waals surface area contributed by atoms with Crippen LogP contribution in [0.5, 0.6) is 0 Å². The largest absolute Gasteiger partial charge is 0.494 e. The molecule has 5 N–H and O–H groups in total. The standard InChI is InChI=1S/C34H41N5O/c1-6-9-30(40-8-3)17-15-27-23-39(29-16-18-31(36)28(21-29)22-38-5)33(10-7-2)34(24(27)4)26-13-11-25(12-14-26)32(37)19-20-35/h9-23,36-38H,6-8,35H2,1-5H3/b17-15-,20-19-,28-22-,30-9-,33-10-,36-31?,37-32?. The molecule has 6 heteroatoms. The Morgan fingerprint density at radius 2 is 1.82 bits per heavy atom. The predicted molar refractivity (Wildman–Crippen MR) is 169 cm³/mol. The van der Waals surface area contributed by atoms with Crippen molar-refractivity contribution in [2.75, 3.05) is 13.7 Å². The molecule has 1 aromatic carbocycles. The summed E-state index contributed by atoms with van der Waals surface area (Å²) >= 11 is 0. The lowest BCUT2D eigenvalue weighted by molar-refractivity contribution is 0.241. The molecule has 0 fully saturated rings. The zero-order valence-corrected chi connectivity index (χ0v) is 24.2. The number of nitrogens with zero attached hydrogens (tertiary/aromatic N) is 1. The minimum Gasteiger partial charge on any atom is -0.494 e. The molecule has 0 amide bonds. The fourth-order valence-corrected chi connectivity index (χ4v) is 4.60. The first-order valence-electron chi connectivity index (χ1n) is 13.8. The van der Waals surface area contributed by atoms with Crippen LogP contribution in [-0.2, 0) is 4.74 Å². The molecule has 208 valence electrons. The summed E-state index contributed by atoms with van der Waals surface area (Å²) in [7, 11) is 1.84. The number of allylic oxidation sites excluding steroid dienone is 12. The number of ether oxygens (including phenoxy) is 1.